The first-order valence-electron chi connectivity index (χ1n) is 10.5. The minimum absolute atomic E-state index is 0.00179. The molecule has 174 valence electrons. The molecule has 0 saturated carbocycles. The van der Waals surface area contributed by atoms with E-state index in [2.05, 4.69) is 33.0 Å². The van der Waals surface area contributed by atoms with Gasteiger partial charge in [0.2, 0.25) is 0 Å². The molecule has 0 aliphatic heterocycles. The summed E-state index contributed by atoms with van der Waals surface area (Å²) >= 11 is 1.51. The van der Waals surface area contributed by atoms with Gasteiger partial charge in [0.25, 0.3) is 5.69 Å². The van der Waals surface area contributed by atoms with E-state index in [0.717, 1.165) is 5.56 Å². The zero-order chi connectivity index (χ0) is 24.2. The SMILES string of the molecule is Cc1cccc(CSc2nnc(C(C)NC(=O)NC(C)(C)C)n2-c2ccc([N+](=O)[O-])cc2)c1. The van der Waals surface area contributed by atoms with Crippen LogP contribution < -0.4 is 10.6 Å². The lowest BCUT2D eigenvalue weighted by Gasteiger charge is -2.23. The fourth-order valence-electron chi connectivity index (χ4n) is 3.21. The number of hydrogen-bond acceptors (Lipinski definition) is 6. The molecule has 0 aliphatic rings. The molecule has 1 aromatic heterocycles. The predicted molar refractivity (Wildman–Crippen MR) is 129 cm³/mol. The maximum atomic E-state index is 12.4. The number of nitrogens with zero attached hydrogens (tertiary/aromatic N) is 4. The molecule has 0 fully saturated rings. The van der Waals surface area contributed by atoms with Crippen LogP contribution in [-0.2, 0) is 5.75 Å². The Balaban J connectivity index is 1.92. The highest BCUT2D eigenvalue weighted by atomic mass is 32.2. The van der Waals surface area contributed by atoms with Gasteiger partial charge < -0.3 is 10.6 Å². The van der Waals surface area contributed by atoms with Gasteiger partial charge in [0.15, 0.2) is 11.0 Å². The summed E-state index contributed by atoms with van der Waals surface area (Å²) in [7, 11) is 0. The summed E-state index contributed by atoms with van der Waals surface area (Å²) in [5.74, 6) is 1.21. The van der Waals surface area contributed by atoms with Crippen LogP contribution >= 0.6 is 11.8 Å². The molecule has 0 saturated heterocycles. The number of thioether (sulfide) groups is 1. The molecule has 1 unspecified atom stereocenters. The maximum absolute atomic E-state index is 12.4. The van der Waals surface area contributed by atoms with E-state index >= 15 is 0 Å². The van der Waals surface area contributed by atoms with Crippen LogP contribution in [0.1, 0.15) is 50.7 Å². The summed E-state index contributed by atoms with van der Waals surface area (Å²) in [6, 6.07) is 13.6. The molecule has 33 heavy (non-hydrogen) atoms. The third-order valence-corrected chi connectivity index (χ3v) is 5.65. The number of aryl methyl sites for hydroxylation is 1. The fourth-order valence-corrected chi connectivity index (χ4v) is 4.11. The van der Waals surface area contributed by atoms with Crippen molar-refractivity contribution in [3.05, 3.63) is 75.6 Å². The molecular formula is C23H28N6O3S. The van der Waals surface area contributed by atoms with Crippen molar-refractivity contribution in [2.24, 2.45) is 0 Å². The van der Waals surface area contributed by atoms with Gasteiger partial charge in [0.05, 0.1) is 11.0 Å². The van der Waals surface area contributed by atoms with Gasteiger partial charge in [-0.15, -0.1) is 10.2 Å². The van der Waals surface area contributed by atoms with Crippen molar-refractivity contribution in [1.29, 1.82) is 0 Å². The number of carbonyl (C=O) groups excluding carboxylic acids is 1. The molecule has 1 heterocycles. The number of amides is 2. The number of nitrogens with one attached hydrogen (secondary N) is 2. The molecule has 10 heteroatoms. The van der Waals surface area contributed by atoms with E-state index in [1.807, 2.05) is 51.3 Å². The Morgan fingerprint density at radius 2 is 1.88 bits per heavy atom. The zero-order valence-corrected chi connectivity index (χ0v) is 20.1. The second-order valence-electron chi connectivity index (χ2n) is 8.80. The number of hydrogen-bond donors (Lipinski definition) is 2. The molecule has 0 spiro atoms. The van der Waals surface area contributed by atoms with Gasteiger partial charge >= 0.3 is 6.03 Å². The smallest absolute Gasteiger partial charge is 0.315 e. The van der Waals surface area contributed by atoms with Crippen LogP contribution in [0.15, 0.2) is 53.7 Å². The Morgan fingerprint density at radius 1 is 1.18 bits per heavy atom. The van der Waals surface area contributed by atoms with Crippen molar-refractivity contribution < 1.29 is 9.72 Å². The van der Waals surface area contributed by atoms with E-state index in [1.54, 1.807) is 12.1 Å². The Bertz CT molecular complexity index is 1140. The van der Waals surface area contributed by atoms with Crippen LogP contribution in [0.5, 0.6) is 0 Å². The summed E-state index contributed by atoms with van der Waals surface area (Å²) in [5, 5.41) is 26.2. The van der Waals surface area contributed by atoms with Crippen molar-refractivity contribution in [1.82, 2.24) is 25.4 Å². The van der Waals surface area contributed by atoms with Gasteiger partial charge in [-0.1, -0.05) is 41.6 Å². The average Bonchev–Trinajstić information content (AvgIpc) is 3.15. The second kappa shape index (κ2) is 10.0. The fraction of sp³-hybridized carbons (Fsp3) is 0.348. The minimum atomic E-state index is -0.455. The lowest BCUT2D eigenvalue weighted by molar-refractivity contribution is -0.384. The van der Waals surface area contributed by atoms with E-state index in [0.29, 0.717) is 22.4 Å². The molecule has 0 aliphatic carbocycles. The molecule has 9 nitrogen and oxygen atoms in total. The van der Waals surface area contributed by atoms with Crippen LogP contribution in [0.4, 0.5) is 10.5 Å². The number of non-ortho nitro benzene ring substituents is 1. The molecule has 2 N–H and O–H groups in total. The number of aromatic nitrogens is 3. The highest BCUT2D eigenvalue weighted by Crippen LogP contribution is 2.28. The van der Waals surface area contributed by atoms with E-state index in [9.17, 15) is 14.9 Å². The summed E-state index contributed by atoms with van der Waals surface area (Å²) in [6.07, 6.45) is 0. The first-order valence-corrected chi connectivity index (χ1v) is 11.5. The minimum Gasteiger partial charge on any atom is -0.334 e. The zero-order valence-electron chi connectivity index (χ0n) is 19.3. The van der Waals surface area contributed by atoms with Crippen LogP contribution in [0.25, 0.3) is 5.69 Å². The van der Waals surface area contributed by atoms with E-state index in [-0.39, 0.29) is 17.3 Å². The number of urea groups is 1. The Labute approximate surface area is 197 Å². The van der Waals surface area contributed by atoms with Gasteiger partial charge in [0, 0.05) is 29.1 Å². The van der Waals surface area contributed by atoms with Crippen molar-refractivity contribution in [3.63, 3.8) is 0 Å². The average molecular weight is 469 g/mol. The first kappa shape index (κ1) is 24.2. The molecule has 3 aromatic rings. The highest BCUT2D eigenvalue weighted by Gasteiger charge is 2.23. The summed E-state index contributed by atoms with van der Waals surface area (Å²) in [4.78, 5) is 23.0. The molecule has 2 aromatic carbocycles. The maximum Gasteiger partial charge on any atom is 0.315 e. The second-order valence-corrected chi connectivity index (χ2v) is 9.74. The summed E-state index contributed by atoms with van der Waals surface area (Å²) < 4.78 is 1.83. The molecule has 3 rings (SSSR count). The molecule has 0 bridgehead atoms. The standard InChI is InChI=1S/C23H28N6O3S/c1-15-7-6-8-17(13-15)14-33-22-27-26-20(16(2)24-21(30)25-23(3,4)5)28(22)18-9-11-19(12-10-18)29(31)32/h6-13,16H,14H2,1-5H3,(H2,24,25,30). The Kier molecular flexibility index (Phi) is 7.37. The number of nitro groups is 1. The predicted octanol–water partition coefficient (Wildman–Crippen LogP) is 4.93. The first-order chi connectivity index (χ1) is 15.5. The molecule has 0 radical (unpaired) electrons. The Morgan fingerprint density at radius 3 is 2.48 bits per heavy atom. The van der Waals surface area contributed by atoms with Gasteiger partial charge in [0.1, 0.15) is 0 Å². The van der Waals surface area contributed by atoms with Crippen molar-refractivity contribution in [2.75, 3.05) is 0 Å². The van der Waals surface area contributed by atoms with E-state index < -0.39 is 11.0 Å². The third kappa shape index (κ3) is 6.55. The van der Waals surface area contributed by atoms with Crippen molar-refractivity contribution in [3.8, 4) is 5.69 Å². The van der Waals surface area contributed by atoms with Crippen LogP contribution in [0.2, 0.25) is 0 Å². The Hall–Kier alpha value is -3.40. The topological polar surface area (TPSA) is 115 Å². The number of carbonyl (C=O) groups is 1. The van der Waals surface area contributed by atoms with Gasteiger partial charge in [-0.25, -0.2) is 4.79 Å². The third-order valence-electron chi connectivity index (χ3n) is 4.65. The van der Waals surface area contributed by atoms with Gasteiger partial charge in [-0.3, -0.25) is 14.7 Å². The van der Waals surface area contributed by atoms with Gasteiger partial charge in [-0.05, 0) is 52.3 Å². The van der Waals surface area contributed by atoms with Crippen LogP contribution in [-0.4, -0.2) is 31.3 Å². The largest absolute Gasteiger partial charge is 0.334 e. The van der Waals surface area contributed by atoms with E-state index in [4.69, 9.17) is 0 Å². The number of rotatable bonds is 7. The highest BCUT2D eigenvalue weighted by molar-refractivity contribution is 7.98. The van der Waals surface area contributed by atoms with Gasteiger partial charge in [-0.2, -0.15) is 0 Å². The monoisotopic (exact) mass is 468 g/mol. The van der Waals surface area contributed by atoms with Crippen LogP contribution in [0.3, 0.4) is 0 Å². The number of nitro benzene ring substituents is 1. The molecule has 2 amide bonds. The van der Waals surface area contributed by atoms with Crippen molar-refractivity contribution in [2.45, 2.75) is 57.1 Å². The summed E-state index contributed by atoms with van der Waals surface area (Å²) in [6.45, 7) is 9.56. The lowest BCUT2D eigenvalue weighted by Crippen LogP contribution is -2.47. The van der Waals surface area contributed by atoms with E-state index in [1.165, 1.54) is 29.5 Å². The van der Waals surface area contributed by atoms with Crippen LogP contribution in [0, 0.1) is 17.0 Å². The lowest BCUT2D eigenvalue weighted by atomic mass is 10.1. The molecular weight excluding hydrogens is 440 g/mol. The number of benzene rings is 2. The molecule has 1 atom stereocenters. The quantitative estimate of drug-likeness (QED) is 0.288. The summed E-state index contributed by atoms with van der Waals surface area (Å²) in [5.41, 5.74) is 2.61. The van der Waals surface area contributed by atoms with Crippen molar-refractivity contribution >= 4 is 23.5 Å². The normalized spacial score (nSPS) is 12.3.